The van der Waals surface area contributed by atoms with E-state index in [4.69, 9.17) is 0 Å². The van der Waals surface area contributed by atoms with E-state index in [0.29, 0.717) is 28.9 Å². The molecule has 0 bridgehead atoms. The number of aromatic hydroxyl groups is 1. The SMILES string of the molecule is O=C(/C(=C/c1ccc(O)cc1)c1nc2sc(-c3ccccc3)cc2c(=O)[nH]1)N1CCCC1. The molecule has 0 atom stereocenters. The van der Waals surface area contributed by atoms with Gasteiger partial charge < -0.3 is 15.0 Å². The molecule has 2 aromatic carbocycles. The van der Waals surface area contributed by atoms with Crippen LogP contribution in [0.1, 0.15) is 24.2 Å². The van der Waals surface area contributed by atoms with Gasteiger partial charge in [-0.1, -0.05) is 42.5 Å². The second kappa shape index (κ2) is 8.43. The number of hydrogen-bond donors (Lipinski definition) is 2. The van der Waals surface area contributed by atoms with Gasteiger partial charge in [-0.2, -0.15) is 0 Å². The molecule has 0 radical (unpaired) electrons. The first-order valence-electron chi connectivity index (χ1n) is 10.5. The van der Waals surface area contributed by atoms with Crippen molar-refractivity contribution in [3.05, 3.63) is 82.4 Å². The fourth-order valence-corrected chi connectivity index (χ4v) is 4.90. The minimum atomic E-state index is -0.269. The van der Waals surface area contributed by atoms with Crippen molar-refractivity contribution in [2.45, 2.75) is 12.8 Å². The third-order valence-corrected chi connectivity index (χ3v) is 6.62. The molecule has 1 aliphatic rings. The first-order valence-corrected chi connectivity index (χ1v) is 11.3. The minimum absolute atomic E-state index is 0.148. The molecule has 6 nitrogen and oxygen atoms in total. The van der Waals surface area contributed by atoms with Crippen LogP contribution >= 0.6 is 11.3 Å². The van der Waals surface area contributed by atoms with E-state index in [2.05, 4.69) is 9.97 Å². The summed E-state index contributed by atoms with van der Waals surface area (Å²) >= 11 is 1.43. The molecular weight excluding hydrogens is 422 g/mol. The van der Waals surface area contributed by atoms with Gasteiger partial charge in [-0.25, -0.2) is 4.98 Å². The third-order valence-electron chi connectivity index (χ3n) is 5.54. The van der Waals surface area contributed by atoms with Crippen molar-refractivity contribution < 1.29 is 9.90 Å². The molecule has 160 valence electrons. The topological polar surface area (TPSA) is 86.3 Å². The lowest BCUT2D eigenvalue weighted by atomic mass is 10.1. The normalized spacial score (nSPS) is 14.2. The summed E-state index contributed by atoms with van der Waals surface area (Å²) in [6.07, 6.45) is 3.65. The zero-order valence-corrected chi connectivity index (χ0v) is 18.1. The highest BCUT2D eigenvalue weighted by Crippen LogP contribution is 2.31. The maximum absolute atomic E-state index is 13.3. The van der Waals surface area contributed by atoms with Crippen LogP contribution in [0.25, 0.3) is 32.3 Å². The Morgan fingerprint density at radius 2 is 1.78 bits per heavy atom. The maximum atomic E-state index is 13.3. The van der Waals surface area contributed by atoms with Crippen LogP contribution in [0.5, 0.6) is 5.75 Å². The number of hydrogen-bond acceptors (Lipinski definition) is 5. The lowest BCUT2D eigenvalue weighted by Crippen LogP contribution is -2.29. The van der Waals surface area contributed by atoms with Gasteiger partial charge in [-0.15, -0.1) is 11.3 Å². The number of aromatic nitrogens is 2. The van der Waals surface area contributed by atoms with Crippen molar-refractivity contribution in [3.63, 3.8) is 0 Å². The molecule has 0 saturated carbocycles. The quantitative estimate of drug-likeness (QED) is 0.454. The van der Waals surface area contributed by atoms with Crippen molar-refractivity contribution >= 4 is 39.1 Å². The Bertz CT molecular complexity index is 1370. The van der Waals surface area contributed by atoms with Crippen LogP contribution in [0, 0.1) is 0 Å². The van der Waals surface area contributed by atoms with Crippen LogP contribution in [0.3, 0.4) is 0 Å². The van der Waals surface area contributed by atoms with Crippen molar-refractivity contribution in [2.24, 2.45) is 0 Å². The highest BCUT2D eigenvalue weighted by molar-refractivity contribution is 7.21. The molecule has 1 amide bonds. The van der Waals surface area contributed by atoms with E-state index in [-0.39, 0.29) is 23.0 Å². The molecule has 3 heterocycles. The smallest absolute Gasteiger partial charge is 0.259 e. The molecule has 1 aliphatic heterocycles. The summed E-state index contributed by atoms with van der Waals surface area (Å²) in [5.74, 6) is 0.251. The first kappa shape index (κ1) is 20.2. The highest BCUT2D eigenvalue weighted by atomic mass is 32.1. The zero-order chi connectivity index (χ0) is 22.1. The van der Waals surface area contributed by atoms with E-state index in [1.807, 2.05) is 36.4 Å². The molecule has 2 N–H and O–H groups in total. The fraction of sp³-hybridized carbons (Fsp3) is 0.160. The van der Waals surface area contributed by atoms with Gasteiger partial charge in [0.1, 0.15) is 16.4 Å². The number of nitrogens with zero attached hydrogens (tertiary/aromatic N) is 2. The zero-order valence-electron chi connectivity index (χ0n) is 17.2. The number of benzene rings is 2. The number of phenolic OH excluding ortho intramolecular Hbond substituents is 1. The molecule has 0 aliphatic carbocycles. The van der Waals surface area contributed by atoms with E-state index in [1.165, 1.54) is 11.3 Å². The number of rotatable bonds is 4. The average molecular weight is 444 g/mol. The molecule has 0 spiro atoms. The van der Waals surface area contributed by atoms with E-state index in [9.17, 15) is 14.7 Å². The Balaban J connectivity index is 1.63. The van der Waals surface area contributed by atoms with Gasteiger partial charge in [-0.05, 0) is 48.2 Å². The molecule has 2 aromatic heterocycles. The Kier molecular flexibility index (Phi) is 5.33. The number of likely N-dealkylation sites (tertiary alicyclic amines) is 1. The van der Waals surface area contributed by atoms with Crippen LogP contribution in [0.2, 0.25) is 0 Å². The average Bonchev–Trinajstić information content (AvgIpc) is 3.49. The van der Waals surface area contributed by atoms with E-state index in [1.54, 1.807) is 35.2 Å². The van der Waals surface area contributed by atoms with Crippen LogP contribution in [0.15, 0.2) is 65.5 Å². The standard InChI is InChI=1S/C25H21N3O3S/c29-18-10-8-16(9-11-18)14-19(25(31)28-12-4-5-13-28)22-26-23(30)20-15-21(32-24(20)27-22)17-6-2-1-3-7-17/h1-3,6-11,14-15,29H,4-5,12-13H2,(H,26,27,30)/b19-14+. The van der Waals surface area contributed by atoms with Gasteiger partial charge in [0.05, 0.1) is 11.0 Å². The van der Waals surface area contributed by atoms with Gasteiger partial charge in [0.25, 0.3) is 11.5 Å². The molecule has 5 rings (SSSR count). The predicted molar refractivity (Wildman–Crippen MR) is 127 cm³/mol. The second-order valence-corrected chi connectivity index (χ2v) is 8.79. The number of amides is 1. The molecule has 32 heavy (non-hydrogen) atoms. The highest BCUT2D eigenvalue weighted by Gasteiger charge is 2.25. The van der Waals surface area contributed by atoms with Crippen molar-refractivity contribution in [2.75, 3.05) is 13.1 Å². The number of nitrogens with one attached hydrogen (secondary N) is 1. The number of phenols is 1. The summed E-state index contributed by atoms with van der Waals surface area (Å²) in [4.78, 5) is 37.1. The van der Waals surface area contributed by atoms with Gasteiger partial charge in [-0.3, -0.25) is 9.59 Å². The lowest BCUT2D eigenvalue weighted by Gasteiger charge is -2.17. The maximum Gasteiger partial charge on any atom is 0.259 e. The van der Waals surface area contributed by atoms with Gasteiger partial charge in [0.15, 0.2) is 0 Å². The van der Waals surface area contributed by atoms with Crippen molar-refractivity contribution in [1.29, 1.82) is 0 Å². The number of H-pyrrole nitrogens is 1. The number of carbonyl (C=O) groups excluding carboxylic acids is 1. The number of aromatic amines is 1. The van der Waals surface area contributed by atoms with Gasteiger partial charge in [0, 0.05) is 18.0 Å². The molecule has 7 heteroatoms. The first-order chi connectivity index (χ1) is 15.6. The fourth-order valence-electron chi connectivity index (χ4n) is 3.86. The van der Waals surface area contributed by atoms with E-state index in [0.717, 1.165) is 28.8 Å². The molecular formula is C25H21N3O3S. The number of carbonyl (C=O) groups is 1. The Labute approximate surface area is 188 Å². The van der Waals surface area contributed by atoms with Crippen LogP contribution in [0.4, 0.5) is 0 Å². The molecule has 0 unspecified atom stereocenters. The van der Waals surface area contributed by atoms with Crippen LogP contribution in [-0.2, 0) is 4.79 Å². The van der Waals surface area contributed by atoms with E-state index >= 15 is 0 Å². The molecule has 1 fully saturated rings. The number of fused-ring (bicyclic) bond motifs is 1. The Morgan fingerprint density at radius 3 is 2.50 bits per heavy atom. The number of thiophene rings is 1. The Hall–Kier alpha value is -3.71. The Morgan fingerprint density at radius 1 is 1.06 bits per heavy atom. The molecule has 1 saturated heterocycles. The summed E-state index contributed by atoms with van der Waals surface area (Å²) in [5, 5.41) is 10.1. The predicted octanol–water partition coefficient (Wildman–Crippen LogP) is 4.52. The van der Waals surface area contributed by atoms with Gasteiger partial charge >= 0.3 is 0 Å². The second-order valence-electron chi connectivity index (χ2n) is 7.76. The molecule has 4 aromatic rings. The largest absolute Gasteiger partial charge is 0.508 e. The van der Waals surface area contributed by atoms with E-state index < -0.39 is 0 Å². The van der Waals surface area contributed by atoms with Crippen molar-refractivity contribution in [1.82, 2.24) is 14.9 Å². The lowest BCUT2D eigenvalue weighted by molar-refractivity contribution is -0.123. The summed E-state index contributed by atoms with van der Waals surface area (Å²) < 4.78 is 0. The third kappa shape index (κ3) is 3.94. The summed E-state index contributed by atoms with van der Waals surface area (Å²) in [7, 11) is 0. The van der Waals surface area contributed by atoms with Crippen molar-refractivity contribution in [3.8, 4) is 16.2 Å². The van der Waals surface area contributed by atoms with Gasteiger partial charge in [0.2, 0.25) is 0 Å². The van der Waals surface area contributed by atoms with Crippen LogP contribution < -0.4 is 5.56 Å². The van der Waals surface area contributed by atoms with Crippen LogP contribution in [-0.4, -0.2) is 39.0 Å². The summed E-state index contributed by atoms with van der Waals surface area (Å²) in [5.41, 5.74) is 1.83. The minimum Gasteiger partial charge on any atom is -0.508 e. The summed E-state index contributed by atoms with van der Waals surface area (Å²) in [6.45, 7) is 1.38. The monoisotopic (exact) mass is 443 g/mol. The summed E-state index contributed by atoms with van der Waals surface area (Å²) in [6, 6.07) is 18.3.